The number of hydrogen-bond donors (Lipinski definition) is 0. The average molecular weight is 441 g/mol. The van der Waals surface area contributed by atoms with Crippen LogP contribution in [0.2, 0.25) is 0 Å². The quantitative estimate of drug-likeness (QED) is 0.329. The van der Waals surface area contributed by atoms with Gasteiger partial charge in [-0.05, 0) is 60.3 Å². The summed E-state index contributed by atoms with van der Waals surface area (Å²) in [5, 5.41) is 0. The molecule has 1 aliphatic rings. The van der Waals surface area contributed by atoms with Crippen molar-refractivity contribution in [1.29, 1.82) is 0 Å². The molecule has 0 aromatic heterocycles. The summed E-state index contributed by atoms with van der Waals surface area (Å²) in [7, 11) is 0. The monoisotopic (exact) mass is 440 g/mol. The lowest BCUT2D eigenvalue weighted by Gasteiger charge is -2.31. The molecule has 0 amide bonds. The van der Waals surface area contributed by atoms with Gasteiger partial charge in [-0.1, -0.05) is 94.4 Å². The van der Waals surface area contributed by atoms with Gasteiger partial charge in [0.05, 0.1) is 6.67 Å². The van der Waals surface area contributed by atoms with Crippen LogP contribution >= 0.6 is 0 Å². The third-order valence-electron chi connectivity index (χ3n) is 7.58. The molecule has 0 atom stereocenters. The minimum absolute atomic E-state index is 0.625. The molecular weight excluding hydrogens is 400 g/mol. The number of nitrogens with zero attached hydrogens (tertiary/aromatic N) is 2. The van der Waals surface area contributed by atoms with Crippen LogP contribution in [0.5, 0.6) is 0 Å². The summed E-state index contributed by atoms with van der Waals surface area (Å²) < 4.78 is 0. The van der Waals surface area contributed by atoms with Crippen molar-refractivity contribution in [3.8, 4) is 11.1 Å². The molecule has 2 nitrogen and oxygen atoms in total. The Kier molecular flexibility index (Phi) is 7.75. The van der Waals surface area contributed by atoms with Gasteiger partial charge in [-0.3, -0.25) is 0 Å². The van der Waals surface area contributed by atoms with E-state index in [9.17, 15) is 0 Å². The van der Waals surface area contributed by atoms with Gasteiger partial charge in [0.15, 0.2) is 0 Å². The fraction of sp³-hybridized carbons (Fsp3) is 0.419. The van der Waals surface area contributed by atoms with Gasteiger partial charge in [0.25, 0.3) is 0 Å². The summed E-state index contributed by atoms with van der Waals surface area (Å²) in [6.07, 6.45) is 4.79. The van der Waals surface area contributed by atoms with Gasteiger partial charge in [-0.2, -0.15) is 0 Å². The highest BCUT2D eigenvalue weighted by atomic mass is 15.4. The molecule has 3 aromatic carbocycles. The molecule has 33 heavy (non-hydrogen) atoms. The van der Waals surface area contributed by atoms with Crippen LogP contribution in [0.1, 0.15) is 76.3 Å². The molecule has 174 valence electrons. The van der Waals surface area contributed by atoms with Gasteiger partial charge in [-0.25, -0.2) is 0 Å². The van der Waals surface area contributed by atoms with Gasteiger partial charge in [0.1, 0.15) is 0 Å². The van der Waals surface area contributed by atoms with E-state index in [0.717, 1.165) is 19.8 Å². The van der Waals surface area contributed by atoms with E-state index in [1.54, 1.807) is 11.1 Å². The molecule has 1 saturated heterocycles. The van der Waals surface area contributed by atoms with Crippen LogP contribution in [0, 0.1) is 0 Å². The minimum Gasteiger partial charge on any atom is -0.352 e. The predicted octanol–water partition coefficient (Wildman–Crippen LogP) is 8.44. The summed E-state index contributed by atoms with van der Waals surface area (Å²) in [5.74, 6) is 1.25. The maximum absolute atomic E-state index is 2.67. The summed E-state index contributed by atoms with van der Waals surface area (Å²) in [6, 6.07) is 26.8. The second-order valence-electron chi connectivity index (χ2n) is 9.36. The molecule has 1 aliphatic heterocycles. The predicted molar refractivity (Wildman–Crippen MR) is 145 cm³/mol. The molecule has 0 unspecified atom stereocenters. The van der Waals surface area contributed by atoms with Crippen molar-refractivity contribution in [2.75, 3.05) is 29.6 Å². The van der Waals surface area contributed by atoms with Crippen LogP contribution in [0.15, 0.2) is 72.8 Å². The number of para-hydroxylation sites is 2. The van der Waals surface area contributed by atoms with Gasteiger partial charge in [-0.15, -0.1) is 0 Å². The highest BCUT2D eigenvalue weighted by Gasteiger charge is 2.28. The van der Waals surface area contributed by atoms with Crippen molar-refractivity contribution in [1.82, 2.24) is 0 Å². The van der Waals surface area contributed by atoms with E-state index in [4.69, 9.17) is 0 Å². The first-order valence-corrected chi connectivity index (χ1v) is 13.0. The third kappa shape index (κ3) is 4.81. The normalized spacial score (nSPS) is 14.0. The number of rotatable bonds is 9. The fourth-order valence-corrected chi connectivity index (χ4v) is 5.64. The molecule has 0 bridgehead atoms. The molecule has 0 aliphatic carbocycles. The van der Waals surface area contributed by atoms with Gasteiger partial charge < -0.3 is 9.80 Å². The Balaban J connectivity index is 1.72. The molecule has 1 heterocycles. The zero-order chi connectivity index (χ0) is 23.2. The maximum atomic E-state index is 2.67. The summed E-state index contributed by atoms with van der Waals surface area (Å²) in [4.78, 5) is 5.24. The van der Waals surface area contributed by atoms with Crippen LogP contribution < -0.4 is 9.80 Å². The molecule has 2 heteroatoms. The van der Waals surface area contributed by atoms with Crippen molar-refractivity contribution >= 4 is 11.4 Å². The summed E-state index contributed by atoms with van der Waals surface area (Å²) >= 11 is 0. The largest absolute Gasteiger partial charge is 0.352 e. The zero-order valence-electron chi connectivity index (χ0n) is 20.9. The standard InChI is InChI=1S/C31H40N2/c1-5-24(6-2)28-18-14-19-29(25(7-3)8-4)31(28)33-22-21-32(23-33)30-20-13-12-17-27(30)26-15-10-9-11-16-26/h9-20,24-25H,5-8,21-23H2,1-4H3. The maximum Gasteiger partial charge on any atom is 0.0904 e. The Labute approximate surface area is 201 Å². The van der Waals surface area contributed by atoms with Crippen molar-refractivity contribution < 1.29 is 0 Å². The molecule has 4 rings (SSSR count). The number of anilines is 2. The lowest BCUT2D eigenvalue weighted by Crippen LogP contribution is -2.27. The van der Waals surface area contributed by atoms with Crippen LogP contribution in [0.25, 0.3) is 11.1 Å². The molecule has 3 aromatic rings. The van der Waals surface area contributed by atoms with E-state index >= 15 is 0 Å². The molecule has 0 N–H and O–H groups in total. The first kappa shape index (κ1) is 23.4. The zero-order valence-corrected chi connectivity index (χ0v) is 20.9. The van der Waals surface area contributed by atoms with Crippen molar-refractivity contribution in [3.05, 3.63) is 83.9 Å². The Morgan fingerprint density at radius 3 is 1.76 bits per heavy atom. The van der Waals surface area contributed by atoms with E-state index in [1.165, 1.54) is 48.2 Å². The summed E-state index contributed by atoms with van der Waals surface area (Å²) in [6.45, 7) is 12.5. The SMILES string of the molecule is CCC(CC)c1cccc(C(CC)CC)c1N1CCN(c2ccccc2-c2ccccc2)C1. The Morgan fingerprint density at radius 1 is 0.606 bits per heavy atom. The molecule has 0 saturated carbocycles. The number of benzene rings is 3. The van der Waals surface area contributed by atoms with Crippen molar-refractivity contribution in [2.45, 2.75) is 65.2 Å². The molecule has 0 radical (unpaired) electrons. The van der Waals surface area contributed by atoms with Gasteiger partial charge in [0.2, 0.25) is 0 Å². The third-order valence-corrected chi connectivity index (χ3v) is 7.58. The van der Waals surface area contributed by atoms with Crippen molar-refractivity contribution in [2.24, 2.45) is 0 Å². The van der Waals surface area contributed by atoms with E-state index < -0.39 is 0 Å². The average Bonchev–Trinajstić information content (AvgIpc) is 3.36. The van der Waals surface area contributed by atoms with Crippen LogP contribution in [-0.2, 0) is 0 Å². The van der Waals surface area contributed by atoms with Crippen LogP contribution in [0.4, 0.5) is 11.4 Å². The van der Waals surface area contributed by atoms with E-state index in [0.29, 0.717) is 11.8 Å². The first-order chi connectivity index (χ1) is 16.2. The smallest absolute Gasteiger partial charge is 0.0904 e. The van der Waals surface area contributed by atoms with E-state index in [1.807, 2.05) is 0 Å². The van der Waals surface area contributed by atoms with Gasteiger partial charge >= 0.3 is 0 Å². The van der Waals surface area contributed by atoms with E-state index in [-0.39, 0.29) is 0 Å². The Bertz CT molecular complexity index is 988. The fourth-order valence-electron chi connectivity index (χ4n) is 5.64. The molecular formula is C31H40N2. The Morgan fingerprint density at radius 2 is 1.15 bits per heavy atom. The molecule has 1 fully saturated rings. The second-order valence-corrected chi connectivity index (χ2v) is 9.36. The first-order valence-electron chi connectivity index (χ1n) is 13.0. The van der Waals surface area contributed by atoms with E-state index in [2.05, 4.69) is 110 Å². The lowest BCUT2D eigenvalue weighted by atomic mass is 9.85. The highest BCUT2D eigenvalue weighted by Crippen LogP contribution is 2.42. The van der Waals surface area contributed by atoms with Crippen LogP contribution in [0.3, 0.4) is 0 Å². The summed E-state index contributed by atoms with van der Waals surface area (Å²) in [5.41, 5.74) is 8.61. The Hall–Kier alpha value is -2.74. The number of hydrogen-bond acceptors (Lipinski definition) is 2. The second kappa shape index (κ2) is 10.9. The van der Waals surface area contributed by atoms with Crippen LogP contribution in [-0.4, -0.2) is 19.8 Å². The lowest BCUT2D eigenvalue weighted by molar-refractivity contribution is 0.620. The topological polar surface area (TPSA) is 6.48 Å². The van der Waals surface area contributed by atoms with Crippen molar-refractivity contribution in [3.63, 3.8) is 0 Å². The highest BCUT2D eigenvalue weighted by molar-refractivity contribution is 5.79. The van der Waals surface area contributed by atoms with Gasteiger partial charge in [0, 0.05) is 30.0 Å². The molecule has 0 spiro atoms. The minimum atomic E-state index is 0.625.